The number of esters is 1. The molecule has 0 spiro atoms. The molecule has 1 saturated carbocycles. The Labute approximate surface area is 85.5 Å². The normalized spacial score (nSPS) is 29.6. The molecule has 0 heterocycles. The van der Waals surface area contributed by atoms with Crippen LogP contribution in [0.4, 0.5) is 0 Å². The topological polar surface area (TPSA) is 46.5 Å². The van der Waals surface area contributed by atoms with Crippen molar-refractivity contribution < 1.29 is 14.6 Å². The second-order valence-corrected chi connectivity index (χ2v) is 4.33. The molecule has 0 unspecified atom stereocenters. The van der Waals surface area contributed by atoms with Crippen LogP contribution in [0, 0.1) is 11.8 Å². The standard InChI is InChI=1S/C11H20O3/c1-8(11(13)14-2)7-9-3-5-10(12)6-4-9/h8-10,12H,3-7H2,1-2H3/t8-,9?,10?/m1/s1. The monoisotopic (exact) mass is 200 g/mol. The number of hydrogen-bond donors (Lipinski definition) is 1. The van der Waals surface area contributed by atoms with Gasteiger partial charge in [0.15, 0.2) is 0 Å². The Balaban J connectivity index is 2.27. The number of aliphatic hydroxyl groups excluding tert-OH is 1. The fourth-order valence-corrected chi connectivity index (χ4v) is 2.18. The quantitative estimate of drug-likeness (QED) is 0.706. The first-order chi connectivity index (χ1) is 6.63. The fourth-order valence-electron chi connectivity index (χ4n) is 2.18. The van der Waals surface area contributed by atoms with E-state index in [0.717, 1.165) is 32.1 Å². The van der Waals surface area contributed by atoms with Gasteiger partial charge in [-0.1, -0.05) is 6.92 Å². The first-order valence-corrected chi connectivity index (χ1v) is 5.39. The minimum atomic E-state index is -0.115. The van der Waals surface area contributed by atoms with Crippen molar-refractivity contribution in [1.29, 1.82) is 0 Å². The molecule has 1 aliphatic rings. The summed E-state index contributed by atoms with van der Waals surface area (Å²) in [5.74, 6) is 0.476. The summed E-state index contributed by atoms with van der Waals surface area (Å²) in [4.78, 5) is 11.2. The van der Waals surface area contributed by atoms with Crippen LogP contribution in [0.2, 0.25) is 0 Å². The van der Waals surface area contributed by atoms with Crippen LogP contribution in [0.1, 0.15) is 39.0 Å². The van der Waals surface area contributed by atoms with Gasteiger partial charge in [-0.25, -0.2) is 0 Å². The number of carbonyl (C=O) groups excluding carboxylic acids is 1. The third-order valence-corrected chi connectivity index (χ3v) is 3.11. The molecule has 0 bridgehead atoms. The van der Waals surface area contributed by atoms with Crippen LogP contribution < -0.4 is 0 Å². The smallest absolute Gasteiger partial charge is 0.308 e. The molecule has 0 aliphatic heterocycles. The number of ether oxygens (including phenoxy) is 1. The van der Waals surface area contributed by atoms with Gasteiger partial charge < -0.3 is 9.84 Å². The van der Waals surface area contributed by atoms with E-state index >= 15 is 0 Å². The predicted molar refractivity (Wildman–Crippen MR) is 53.8 cm³/mol. The number of hydrogen-bond acceptors (Lipinski definition) is 3. The van der Waals surface area contributed by atoms with E-state index in [1.165, 1.54) is 7.11 Å². The minimum absolute atomic E-state index is 0.000225. The molecular weight excluding hydrogens is 180 g/mol. The zero-order valence-electron chi connectivity index (χ0n) is 9.03. The van der Waals surface area contributed by atoms with E-state index in [2.05, 4.69) is 4.74 Å². The Bertz CT molecular complexity index is 183. The molecule has 1 rings (SSSR count). The Hall–Kier alpha value is -0.570. The molecule has 0 saturated heterocycles. The summed E-state index contributed by atoms with van der Waals surface area (Å²) in [6.07, 6.45) is 4.65. The van der Waals surface area contributed by atoms with Gasteiger partial charge in [0.05, 0.1) is 19.1 Å². The molecule has 1 aliphatic carbocycles. The van der Waals surface area contributed by atoms with Gasteiger partial charge >= 0.3 is 5.97 Å². The van der Waals surface area contributed by atoms with Crippen LogP contribution >= 0.6 is 0 Å². The lowest BCUT2D eigenvalue weighted by molar-refractivity contribution is -0.145. The molecule has 0 radical (unpaired) electrons. The highest BCUT2D eigenvalue weighted by Crippen LogP contribution is 2.29. The van der Waals surface area contributed by atoms with E-state index in [1.807, 2.05) is 6.92 Å². The van der Waals surface area contributed by atoms with Crippen molar-refractivity contribution in [2.45, 2.75) is 45.1 Å². The van der Waals surface area contributed by atoms with Crippen LogP contribution in [-0.4, -0.2) is 24.3 Å². The molecule has 0 amide bonds. The second kappa shape index (κ2) is 5.35. The van der Waals surface area contributed by atoms with Gasteiger partial charge in [0.1, 0.15) is 0 Å². The molecule has 1 fully saturated rings. The van der Waals surface area contributed by atoms with Gasteiger partial charge in [-0.2, -0.15) is 0 Å². The lowest BCUT2D eigenvalue weighted by atomic mass is 9.82. The van der Waals surface area contributed by atoms with Crippen LogP contribution in [0.3, 0.4) is 0 Å². The van der Waals surface area contributed by atoms with E-state index in [1.54, 1.807) is 0 Å². The van der Waals surface area contributed by atoms with E-state index < -0.39 is 0 Å². The zero-order chi connectivity index (χ0) is 10.6. The summed E-state index contributed by atoms with van der Waals surface area (Å²) in [5, 5.41) is 9.32. The number of carbonyl (C=O) groups is 1. The molecule has 14 heavy (non-hydrogen) atoms. The minimum Gasteiger partial charge on any atom is -0.469 e. The maximum absolute atomic E-state index is 11.2. The van der Waals surface area contributed by atoms with Crippen molar-refractivity contribution in [3.63, 3.8) is 0 Å². The van der Waals surface area contributed by atoms with Gasteiger partial charge in [0.2, 0.25) is 0 Å². The maximum Gasteiger partial charge on any atom is 0.308 e. The Kier molecular flexibility index (Phi) is 4.39. The number of rotatable bonds is 3. The van der Waals surface area contributed by atoms with Gasteiger partial charge in [0.25, 0.3) is 0 Å². The van der Waals surface area contributed by atoms with Crippen molar-refractivity contribution in [1.82, 2.24) is 0 Å². The predicted octanol–water partition coefficient (Wildman–Crippen LogP) is 1.74. The summed E-state index contributed by atoms with van der Waals surface area (Å²) in [6.45, 7) is 1.91. The van der Waals surface area contributed by atoms with E-state index in [-0.39, 0.29) is 18.0 Å². The SMILES string of the molecule is COC(=O)[C@H](C)CC1CCC(O)CC1. The second-order valence-electron chi connectivity index (χ2n) is 4.33. The highest BCUT2D eigenvalue weighted by molar-refractivity contribution is 5.71. The summed E-state index contributed by atoms with van der Waals surface area (Å²) in [5.41, 5.74) is 0. The first-order valence-electron chi connectivity index (χ1n) is 5.39. The highest BCUT2D eigenvalue weighted by atomic mass is 16.5. The van der Waals surface area contributed by atoms with Crippen molar-refractivity contribution in [3.8, 4) is 0 Å². The van der Waals surface area contributed by atoms with Crippen molar-refractivity contribution in [3.05, 3.63) is 0 Å². The van der Waals surface area contributed by atoms with Gasteiger partial charge in [-0.3, -0.25) is 4.79 Å². The Morgan fingerprint density at radius 1 is 1.43 bits per heavy atom. The van der Waals surface area contributed by atoms with Crippen molar-refractivity contribution in [2.75, 3.05) is 7.11 Å². The molecular formula is C11H20O3. The van der Waals surface area contributed by atoms with Crippen LogP contribution in [-0.2, 0) is 9.53 Å². The molecule has 1 N–H and O–H groups in total. The van der Waals surface area contributed by atoms with Crippen LogP contribution in [0.25, 0.3) is 0 Å². The summed E-state index contributed by atoms with van der Waals surface area (Å²) in [6, 6.07) is 0. The molecule has 3 nitrogen and oxygen atoms in total. The van der Waals surface area contributed by atoms with Crippen LogP contribution in [0.5, 0.6) is 0 Å². The van der Waals surface area contributed by atoms with E-state index in [4.69, 9.17) is 0 Å². The molecule has 1 atom stereocenters. The zero-order valence-corrected chi connectivity index (χ0v) is 9.03. The highest BCUT2D eigenvalue weighted by Gasteiger charge is 2.23. The van der Waals surface area contributed by atoms with Gasteiger partial charge in [-0.05, 0) is 38.0 Å². The van der Waals surface area contributed by atoms with Gasteiger partial charge in [0, 0.05) is 0 Å². The van der Waals surface area contributed by atoms with Crippen molar-refractivity contribution >= 4 is 5.97 Å². The van der Waals surface area contributed by atoms with E-state index in [0.29, 0.717) is 5.92 Å². The third-order valence-electron chi connectivity index (χ3n) is 3.11. The molecule has 0 aromatic carbocycles. The first kappa shape index (κ1) is 11.5. The Morgan fingerprint density at radius 3 is 2.50 bits per heavy atom. The molecule has 0 aromatic rings. The molecule has 82 valence electrons. The lowest BCUT2D eigenvalue weighted by Crippen LogP contribution is -2.22. The summed E-state index contributed by atoms with van der Waals surface area (Å²) >= 11 is 0. The number of aliphatic hydroxyl groups is 1. The average Bonchev–Trinajstić information content (AvgIpc) is 2.20. The third kappa shape index (κ3) is 3.29. The van der Waals surface area contributed by atoms with Gasteiger partial charge in [-0.15, -0.1) is 0 Å². The lowest BCUT2D eigenvalue weighted by Gasteiger charge is -2.26. The van der Waals surface area contributed by atoms with Crippen molar-refractivity contribution in [2.24, 2.45) is 11.8 Å². The summed E-state index contributed by atoms with van der Waals surface area (Å²) < 4.78 is 4.69. The number of methoxy groups -OCH3 is 1. The van der Waals surface area contributed by atoms with Crippen LogP contribution in [0.15, 0.2) is 0 Å². The summed E-state index contributed by atoms with van der Waals surface area (Å²) in [7, 11) is 1.43. The average molecular weight is 200 g/mol. The maximum atomic E-state index is 11.2. The largest absolute Gasteiger partial charge is 0.469 e. The molecule has 0 aromatic heterocycles. The fraction of sp³-hybridized carbons (Fsp3) is 0.909. The van der Waals surface area contributed by atoms with E-state index in [9.17, 15) is 9.90 Å². The molecule has 3 heteroatoms. The Morgan fingerprint density at radius 2 is 2.00 bits per heavy atom.